The molecule has 0 saturated heterocycles. The fraction of sp³-hybridized carbons (Fsp3) is 0.133. The number of pyridine rings is 2. The normalized spacial score (nSPS) is 12.8. The zero-order valence-corrected chi connectivity index (χ0v) is 21.7. The van der Waals surface area contributed by atoms with Gasteiger partial charge in [0.2, 0.25) is 0 Å². The molecule has 0 amide bonds. The van der Waals surface area contributed by atoms with Crippen LogP contribution >= 0.6 is 11.3 Å². The number of aryl methyl sites for hydroxylation is 1. The molecule has 0 fully saturated rings. The number of carboxylic acids is 1. The van der Waals surface area contributed by atoms with Crippen molar-refractivity contribution in [3.8, 4) is 33.8 Å². The van der Waals surface area contributed by atoms with E-state index in [1.54, 1.807) is 11.3 Å². The second-order valence-corrected chi connectivity index (χ2v) is 10.0. The van der Waals surface area contributed by atoms with Crippen molar-refractivity contribution in [3.63, 3.8) is 0 Å². The van der Waals surface area contributed by atoms with Gasteiger partial charge in [0.1, 0.15) is 5.69 Å². The smallest absolute Gasteiger partial charge is 0.475 e. The standard InChI is InChI=1S/C28H20N4S.C2HF3O2/c1-2-7-23-21(6-1)22(15-25(30-23)18-10-11-19-16-33-17-20(19)14-18)27-26-9-5-13-32(26)31-28(27)24-8-3-4-12-29-24;3-2(4,5)1(6)7/h1-4,6-8,10-12,14-17H,5,9,13H2;(H,6,7). The van der Waals surface area contributed by atoms with Gasteiger partial charge >= 0.3 is 12.1 Å². The Kier molecular flexibility index (Phi) is 6.55. The van der Waals surface area contributed by atoms with Gasteiger partial charge in [0.25, 0.3) is 0 Å². The quantitative estimate of drug-likeness (QED) is 0.242. The van der Waals surface area contributed by atoms with Crippen LogP contribution in [0.3, 0.4) is 0 Å². The lowest BCUT2D eigenvalue weighted by Gasteiger charge is -2.12. The topological polar surface area (TPSA) is 80.9 Å². The number of rotatable bonds is 3. The third kappa shape index (κ3) is 4.82. The largest absolute Gasteiger partial charge is 0.490 e. The van der Waals surface area contributed by atoms with Gasteiger partial charge in [-0.25, -0.2) is 9.78 Å². The number of alkyl halides is 3. The van der Waals surface area contributed by atoms with Crippen molar-refractivity contribution >= 4 is 39.0 Å². The minimum absolute atomic E-state index is 0.913. The van der Waals surface area contributed by atoms with Crippen molar-refractivity contribution in [1.82, 2.24) is 19.7 Å². The molecule has 5 heterocycles. The van der Waals surface area contributed by atoms with Crippen LogP contribution in [-0.4, -0.2) is 37.0 Å². The number of aliphatic carboxylic acids is 1. The van der Waals surface area contributed by atoms with E-state index >= 15 is 0 Å². The van der Waals surface area contributed by atoms with Crippen molar-refractivity contribution in [2.24, 2.45) is 0 Å². The van der Waals surface area contributed by atoms with Crippen LogP contribution in [0.15, 0.2) is 83.7 Å². The Balaban J connectivity index is 0.000000370. The monoisotopic (exact) mass is 558 g/mol. The molecule has 1 N–H and O–H groups in total. The number of thiophene rings is 1. The van der Waals surface area contributed by atoms with Gasteiger partial charge in [0.15, 0.2) is 0 Å². The number of carboxylic acid groups (broad SMARTS) is 1. The highest BCUT2D eigenvalue weighted by molar-refractivity contribution is 7.09. The predicted molar refractivity (Wildman–Crippen MR) is 149 cm³/mol. The lowest BCUT2D eigenvalue weighted by molar-refractivity contribution is -0.192. The molecule has 1 aliphatic heterocycles. The summed E-state index contributed by atoms with van der Waals surface area (Å²) in [4.78, 5) is 18.6. The van der Waals surface area contributed by atoms with E-state index in [-0.39, 0.29) is 0 Å². The molecule has 2 aromatic carbocycles. The van der Waals surface area contributed by atoms with E-state index in [2.05, 4.69) is 75.0 Å². The summed E-state index contributed by atoms with van der Waals surface area (Å²) in [6.07, 6.45) is -1.08. The van der Waals surface area contributed by atoms with Crippen molar-refractivity contribution < 1.29 is 23.1 Å². The number of hydrogen-bond acceptors (Lipinski definition) is 5. The number of hydrogen-bond donors (Lipinski definition) is 1. The van der Waals surface area contributed by atoms with Crippen LogP contribution in [0.1, 0.15) is 12.1 Å². The predicted octanol–water partition coefficient (Wildman–Crippen LogP) is 7.62. The lowest BCUT2D eigenvalue weighted by atomic mass is 9.94. The summed E-state index contributed by atoms with van der Waals surface area (Å²) in [5.41, 5.74) is 8.68. The van der Waals surface area contributed by atoms with Gasteiger partial charge in [-0.1, -0.05) is 36.4 Å². The van der Waals surface area contributed by atoms with Crippen LogP contribution in [0, 0.1) is 0 Å². The molecule has 6 nitrogen and oxygen atoms in total. The molecule has 0 saturated carbocycles. The van der Waals surface area contributed by atoms with Crippen LogP contribution in [-0.2, 0) is 17.8 Å². The van der Waals surface area contributed by atoms with Crippen LogP contribution in [0.5, 0.6) is 0 Å². The zero-order chi connectivity index (χ0) is 27.9. The lowest BCUT2D eigenvalue weighted by Crippen LogP contribution is -2.21. The van der Waals surface area contributed by atoms with Gasteiger partial charge < -0.3 is 5.11 Å². The Morgan fingerprint density at radius 1 is 0.950 bits per heavy atom. The number of benzene rings is 2. The average molecular weight is 559 g/mol. The molecule has 10 heteroatoms. The third-order valence-corrected chi connectivity index (χ3v) is 7.53. The van der Waals surface area contributed by atoms with Gasteiger partial charge in [-0.15, -0.1) is 0 Å². The molecule has 6 aromatic rings. The van der Waals surface area contributed by atoms with E-state index in [9.17, 15) is 13.2 Å². The van der Waals surface area contributed by atoms with E-state index in [4.69, 9.17) is 20.0 Å². The molecular formula is C30H21F3N4O2S. The molecule has 0 unspecified atom stereocenters. The van der Waals surface area contributed by atoms with Crippen LogP contribution in [0.2, 0.25) is 0 Å². The zero-order valence-electron chi connectivity index (χ0n) is 20.9. The number of para-hydroxylation sites is 1. The summed E-state index contributed by atoms with van der Waals surface area (Å²) in [7, 11) is 0. The molecule has 4 aromatic heterocycles. The van der Waals surface area contributed by atoms with Crippen molar-refractivity contribution in [2.75, 3.05) is 0 Å². The summed E-state index contributed by atoms with van der Waals surface area (Å²) < 4.78 is 33.9. The maximum Gasteiger partial charge on any atom is 0.490 e. The first-order valence-corrected chi connectivity index (χ1v) is 13.4. The molecule has 40 heavy (non-hydrogen) atoms. The van der Waals surface area contributed by atoms with E-state index in [0.29, 0.717) is 0 Å². The first kappa shape index (κ1) is 25.7. The summed E-state index contributed by atoms with van der Waals surface area (Å²) in [5.74, 6) is -2.76. The van der Waals surface area contributed by atoms with Crippen LogP contribution < -0.4 is 0 Å². The number of halogens is 3. The molecule has 1 aliphatic rings. The SMILES string of the molecule is O=C(O)C(F)(F)F.c1ccc(-c2nn3c(c2-c2cc(-c4ccc5cscc5c4)nc4ccccc24)CCC3)nc1. The summed E-state index contributed by atoms with van der Waals surface area (Å²) in [6, 6.07) is 23.3. The Labute approximate surface area is 230 Å². The summed E-state index contributed by atoms with van der Waals surface area (Å²) in [5, 5.41) is 20.2. The maximum atomic E-state index is 10.6. The van der Waals surface area contributed by atoms with E-state index in [1.165, 1.54) is 27.6 Å². The number of aromatic nitrogens is 4. The number of carbonyl (C=O) groups is 1. The van der Waals surface area contributed by atoms with Crippen LogP contribution in [0.4, 0.5) is 13.2 Å². The van der Waals surface area contributed by atoms with Crippen LogP contribution in [0.25, 0.3) is 55.4 Å². The highest BCUT2D eigenvalue weighted by Gasteiger charge is 2.38. The van der Waals surface area contributed by atoms with Gasteiger partial charge in [-0.3, -0.25) is 9.67 Å². The maximum absolute atomic E-state index is 10.6. The van der Waals surface area contributed by atoms with Gasteiger partial charge in [-0.2, -0.15) is 29.6 Å². The van der Waals surface area contributed by atoms with E-state index < -0.39 is 12.1 Å². The molecule has 0 spiro atoms. The molecular weight excluding hydrogens is 537 g/mol. The average Bonchev–Trinajstić information content (AvgIpc) is 3.69. The van der Waals surface area contributed by atoms with Crippen molar-refractivity contribution in [2.45, 2.75) is 25.6 Å². The molecule has 0 atom stereocenters. The number of nitrogens with zero attached hydrogens (tertiary/aromatic N) is 4. The summed E-state index contributed by atoms with van der Waals surface area (Å²) in [6.45, 7) is 0.958. The van der Waals surface area contributed by atoms with E-state index in [1.807, 2.05) is 18.3 Å². The molecule has 0 aliphatic carbocycles. The van der Waals surface area contributed by atoms with Gasteiger partial charge in [0.05, 0.1) is 16.9 Å². The molecule has 200 valence electrons. The van der Waals surface area contributed by atoms with E-state index in [0.717, 1.165) is 52.9 Å². The first-order valence-electron chi connectivity index (χ1n) is 12.5. The van der Waals surface area contributed by atoms with Gasteiger partial charge in [-0.05, 0) is 70.3 Å². The fourth-order valence-electron chi connectivity index (χ4n) is 4.95. The minimum Gasteiger partial charge on any atom is -0.475 e. The second-order valence-electron chi connectivity index (χ2n) is 9.30. The number of fused-ring (bicyclic) bond motifs is 3. The Bertz CT molecular complexity index is 1860. The molecule has 0 bridgehead atoms. The van der Waals surface area contributed by atoms with Crippen molar-refractivity contribution in [3.05, 3.63) is 89.4 Å². The Morgan fingerprint density at radius 2 is 1.73 bits per heavy atom. The first-order chi connectivity index (χ1) is 19.3. The highest BCUT2D eigenvalue weighted by atomic mass is 32.1. The molecule has 7 rings (SSSR count). The van der Waals surface area contributed by atoms with Gasteiger partial charge in [0, 0.05) is 34.9 Å². The summed E-state index contributed by atoms with van der Waals surface area (Å²) >= 11 is 1.74. The Hall–Kier alpha value is -4.57. The third-order valence-electron chi connectivity index (χ3n) is 6.75. The fourth-order valence-corrected chi connectivity index (χ4v) is 5.73. The highest BCUT2D eigenvalue weighted by Crippen LogP contribution is 2.41. The molecule has 0 radical (unpaired) electrons. The van der Waals surface area contributed by atoms with Crippen molar-refractivity contribution in [1.29, 1.82) is 0 Å². The Morgan fingerprint density at radius 3 is 2.50 bits per heavy atom. The second kappa shape index (κ2) is 10.2. The minimum atomic E-state index is -5.08.